The molecule has 1 atom stereocenters. The van der Waals surface area contributed by atoms with Gasteiger partial charge in [0.15, 0.2) is 6.61 Å². The standard InChI is InChI=1S/C18H21FN2O6/c1-3-13-16(17(23)25-4-2)14(21-18(24)20-13)9-27-15(22)10-26-12-7-5-11(19)6-8-12/h5-8,13H,3-4,9-10H2,1-2H3,(H2,20,21,24)/t13-/m0/s1. The molecule has 0 radical (unpaired) electrons. The molecule has 0 aromatic heterocycles. The zero-order chi connectivity index (χ0) is 19.8. The third kappa shape index (κ3) is 5.70. The van der Waals surface area contributed by atoms with E-state index < -0.39 is 36.4 Å². The SMILES string of the molecule is CCOC(=O)C1=C(COC(=O)COc2ccc(F)cc2)NC(=O)N[C@H]1CC. The van der Waals surface area contributed by atoms with E-state index in [1.54, 1.807) is 13.8 Å². The van der Waals surface area contributed by atoms with E-state index in [0.29, 0.717) is 12.2 Å². The van der Waals surface area contributed by atoms with Gasteiger partial charge in [-0.1, -0.05) is 6.92 Å². The van der Waals surface area contributed by atoms with Crippen LogP contribution in [-0.4, -0.2) is 43.8 Å². The largest absolute Gasteiger partial charge is 0.482 e. The highest BCUT2D eigenvalue weighted by molar-refractivity contribution is 5.94. The summed E-state index contributed by atoms with van der Waals surface area (Å²) in [6, 6.07) is 4.12. The number of halogens is 1. The summed E-state index contributed by atoms with van der Waals surface area (Å²) in [7, 11) is 0. The number of urea groups is 1. The van der Waals surface area contributed by atoms with Gasteiger partial charge in [-0.05, 0) is 37.6 Å². The first-order chi connectivity index (χ1) is 12.9. The minimum absolute atomic E-state index is 0.166. The van der Waals surface area contributed by atoms with Gasteiger partial charge >= 0.3 is 18.0 Å². The van der Waals surface area contributed by atoms with Crippen molar-refractivity contribution in [3.8, 4) is 5.75 Å². The van der Waals surface area contributed by atoms with Crippen LogP contribution in [0.3, 0.4) is 0 Å². The van der Waals surface area contributed by atoms with Crippen molar-refractivity contribution in [1.29, 1.82) is 0 Å². The molecule has 9 heteroatoms. The number of amides is 2. The zero-order valence-electron chi connectivity index (χ0n) is 15.0. The number of benzene rings is 1. The molecule has 27 heavy (non-hydrogen) atoms. The first-order valence-corrected chi connectivity index (χ1v) is 8.46. The molecule has 1 aliphatic rings. The van der Waals surface area contributed by atoms with E-state index in [-0.39, 0.29) is 24.5 Å². The zero-order valence-corrected chi connectivity index (χ0v) is 15.0. The molecule has 0 saturated carbocycles. The lowest BCUT2D eigenvalue weighted by Gasteiger charge is -2.28. The van der Waals surface area contributed by atoms with Gasteiger partial charge in [-0.25, -0.2) is 18.8 Å². The van der Waals surface area contributed by atoms with Gasteiger partial charge in [0.25, 0.3) is 0 Å². The second kappa shape index (κ2) is 9.56. The number of esters is 2. The Morgan fingerprint density at radius 2 is 1.85 bits per heavy atom. The molecule has 0 spiro atoms. The molecular weight excluding hydrogens is 359 g/mol. The number of rotatable bonds is 8. The van der Waals surface area contributed by atoms with Gasteiger partial charge in [-0.15, -0.1) is 0 Å². The lowest BCUT2D eigenvalue weighted by atomic mass is 10.0. The van der Waals surface area contributed by atoms with Crippen LogP contribution in [0.1, 0.15) is 20.3 Å². The maximum Gasteiger partial charge on any atom is 0.344 e. The Hall–Kier alpha value is -3.10. The first kappa shape index (κ1) is 20.2. The third-order valence-corrected chi connectivity index (χ3v) is 3.69. The van der Waals surface area contributed by atoms with E-state index in [4.69, 9.17) is 14.2 Å². The fourth-order valence-corrected chi connectivity index (χ4v) is 2.44. The highest BCUT2D eigenvalue weighted by Gasteiger charge is 2.31. The van der Waals surface area contributed by atoms with Crippen LogP contribution in [0.4, 0.5) is 9.18 Å². The van der Waals surface area contributed by atoms with Crippen molar-refractivity contribution >= 4 is 18.0 Å². The first-order valence-electron chi connectivity index (χ1n) is 8.46. The molecule has 0 saturated heterocycles. The molecule has 2 amide bonds. The summed E-state index contributed by atoms with van der Waals surface area (Å²) in [6.45, 7) is 2.92. The number of hydrogen-bond acceptors (Lipinski definition) is 6. The fraction of sp³-hybridized carbons (Fsp3) is 0.389. The van der Waals surface area contributed by atoms with Gasteiger partial charge in [-0.3, -0.25) is 0 Å². The summed E-state index contributed by atoms with van der Waals surface area (Å²) in [5.74, 6) is -1.42. The van der Waals surface area contributed by atoms with Crippen LogP contribution in [-0.2, 0) is 19.1 Å². The van der Waals surface area contributed by atoms with Gasteiger partial charge in [0.2, 0.25) is 0 Å². The number of nitrogens with one attached hydrogen (secondary N) is 2. The van der Waals surface area contributed by atoms with E-state index >= 15 is 0 Å². The van der Waals surface area contributed by atoms with Crippen LogP contribution in [0.5, 0.6) is 5.75 Å². The summed E-state index contributed by atoms with van der Waals surface area (Å²) in [4.78, 5) is 35.8. The summed E-state index contributed by atoms with van der Waals surface area (Å²) in [6.07, 6.45) is 0.465. The van der Waals surface area contributed by atoms with Gasteiger partial charge < -0.3 is 24.8 Å². The van der Waals surface area contributed by atoms with Crippen molar-refractivity contribution in [1.82, 2.24) is 10.6 Å². The average molecular weight is 380 g/mol. The normalized spacial score (nSPS) is 16.3. The highest BCUT2D eigenvalue weighted by Crippen LogP contribution is 2.17. The van der Waals surface area contributed by atoms with Crippen LogP contribution in [0, 0.1) is 5.82 Å². The van der Waals surface area contributed by atoms with Crippen LogP contribution >= 0.6 is 0 Å². The second-order valence-electron chi connectivity index (χ2n) is 5.58. The smallest absolute Gasteiger partial charge is 0.344 e. The predicted molar refractivity (Wildman–Crippen MR) is 92.3 cm³/mol. The summed E-state index contributed by atoms with van der Waals surface area (Å²) < 4.78 is 28.1. The van der Waals surface area contributed by atoms with Crippen molar-refractivity contribution in [2.75, 3.05) is 19.8 Å². The summed E-state index contributed by atoms with van der Waals surface area (Å²) >= 11 is 0. The highest BCUT2D eigenvalue weighted by atomic mass is 19.1. The number of ether oxygens (including phenoxy) is 3. The topological polar surface area (TPSA) is 103 Å². The minimum Gasteiger partial charge on any atom is -0.482 e. The number of carbonyl (C=O) groups excluding carboxylic acids is 3. The summed E-state index contributed by atoms with van der Waals surface area (Å²) in [5, 5.41) is 5.09. The summed E-state index contributed by atoms with van der Waals surface area (Å²) in [5.41, 5.74) is 0.380. The van der Waals surface area contributed by atoms with E-state index in [1.807, 2.05) is 0 Å². The molecule has 0 fully saturated rings. The van der Waals surface area contributed by atoms with Crippen molar-refractivity contribution in [2.24, 2.45) is 0 Å². The molecule has 0 bridgehead atoms. The Morgan fingerprint density at radius 3 is 2.48 bits per heavy atom. The van der Waals surface area contributed by atoms with Crippen molar-refractivity contribution in [2.45, 2.75) is 26.3 Å². The van der Waals surface area contributed by atoms with Gasteiger partial charge in [0.05, 0.1) is 23.9 Å². The molecule has 8 nitrogen and oxygen atoms in total. The van der Waals surface area contributed by atoms with Gasteiger partial charge in [0.1, 0.15) is 18.2 Å². The van der Waals surface area contributed by atoms with Crippen molar-refractivity contribution in [3.63, 3.8) is 0 Å². The molecule has 1 aliphatic heterocycles. The van der Waals surface area contributed by atoms with E-state index in [0.717, 1.165) is 0 Å². The Bertz CT molecular complexity index is 732. The maximum absolute atomic E-state index is 12.8. The molecular formula is C18H21FN2O6. The quantitative estimate of drug-likeness (QED) is 0.665. The van der Waals surface area contributed by atoms with E-state index in [1.165, 1.54) is 24.3 Å². The average Bonchev–Trinajstić information content (AvgIpc) is 2.65. The number of hydrogen-bond donors (Lipinski definition) is 2. The Kier molecular flexibility index (Phi) is 7.16. The molecule has 2 N–H and O–H groups in total. The molecule has 146 valence electrons. The molecule has 2 rings (SSSR count). The van der Waals surface area contributed by atoms with Crippen molar-refractivity contribution in [3.05, 3.63) is 41.4 Å². The molecule has 0 unspecified atom stereocenters. The van der Waals surface area contributed by atoms with Crippen molar-refractivity contribution < 1.29 is 33.0 Å². The van der Waals surface area contributed by atoms with Gasteiger partial charge in [0, 0.05) is 0 Å². The molecule has 0 aliphatic carbocycles. The second-order valence-corrected chi connectivity index (χ2v) is 5.58. The Morgan fingerprint density at radius 1 is 1.15 bits per heavy atom. The molecule has 1 aromatic rings. The minimum atomic E-state index is -0.712. The lowest BCUT2D eigenvalue weighted by Crippen LogP contribution is -2.51. The molecule has 1 heterocycles. The van der Waals surface area contributed by atoms with Crippen LogP contribution in [0.25, 0.3) is 0 Å². The monoisotopic (exact) mass is 380 g/mol. The maximum atomic E-state index is 12.8. The fourth-order valence-electron chi connectivity index (χ4n) is 2.44. The van der Waals surface area contributed by atoms with E-state index in [2.05, 4.69) is 10.6 Å². The predicted octanol–water partition coefficient (Wildman–Crippen LogP) is 1.66. The van der Waals surface area contributed by atoms with Crippen LogP contribution in [0.15, 0.2) is 35.5 Å². The Labute approximate surface area is 155 Å². The van der Waals surface area contributed by atoms with Crippen LogP contribution in [0.2, 0.25) is 0 Å². The Balaban J connectivity index is 2.00. The van der Waals surface area contributed by atoms with E-state index in [9.17, 15) is 18.8 Å². The van der Waals surface area contributed by atoms with Gasteiger partial charge in [-0.2, -0.15) is 0 Å². The lowest BCUT2D eigenvalue weighted by molar-refractivity contribution is -0.145. The molecule has 1 aromatic carbocycles. The number of carbonyl (C=O) groups is 3. The third-order valence-electron chi connectivity index (χ3n) is 3.69. The van der Waals surface area contributed by atoms with Crippen LogP contribution < -0.4 is 15.4 Å².